The summed E-state index contributed by atoms with van der Waals surface area (Å²) in [4.78, 5) is 2.70. The van der Waals surface area contributed by atoms with Crippen LogP contribution in [0.25, 0.3) is 0 Å². The molecule has 2 aliphatic rings. The van der Waals surface area contributed by atoms with Gasteiger partial charge in [-0.2, -0.15) is 0 Å². The van der Waals surface area contributed by atoms with Gasteiger partial charge in [-0.15, -0.1) is 0 Å². The Hall–Kier alpha value is -0.900. The van der Waals surface area contributed by atoms with Crippen LogP contribution in [-0.2, 0) is 11.2 Å². The summed E-state index contributed by atoms with van der Waals surface area (Å²) in [6.45, 7) is 6.58. The van der Waals surface area contributed by atoms with E-state index in [1.54, 1.807) is 0 Å². The third-order valence-corrected chi connectivity index (χ3v) is 5.10. The molecule has 1 aliphatic carbocycles. The van der Waals surface area contributed by atoms with Crippen molar-refractivity contribution in [1.29, 1.82) is 0 Å². The van der Waals surface area contributed by atoms with E-state index in [0.29, 0.717) is 12.1 Å². The summed E-state index contributed by atoms with van der Waals surface area (Å²) in [7, 11) is 1.82. The maximum Gasteiger partial charge on any atom is 0.0503 e. The molecule has 116 valence electrons. The highest BCUT2D eigenvalue weighted by molar-refractivity contribution is 5.34. The lowest BCUT2D eigenvalue weighted by Gasteiger charge is -2.39. The molecule has 0 bridgehead atoms. The van der Waals surface area contributed by atoms with Crippen LogP contribution in [0.1, 0.15) is 36.9 Å². The van der Waals surface area contributed by atoms with Crippen LogP contribution in [0, 0.1) is 5.92 Å². The molecule has 0 saturated carbocycles. The van der Waals surface area contributed by atoms with Crippen molar-refractivity contribution in [2.24, 2.45) is 5.92 Å². The molecule has 1 N–H and O–H groups in total. The topological polar surface area (TPSA) is 24.5 Å². The molecular formula is C18H28N2O. The minimum absolute atomic E-state index is 0.487. The van der Waals surface area contributed by atoms with Crippen molar-refractivity contribution < 1.29 is 4.74 Å². The molecule has 0 amide bonds. The molecule has 3 nitrogen and oxygen atoms in total. The van der Waals surface area contributed by atoms with E-state index < -0.39 is 0 Å². The van der Waals surface area contributed by atoms with Crippen molar-refractivity contribution in [3.63, 3.8) is 0 Å². The average Bonchev–Trinajstić information content (AvgIpc) is 2.97. The van der Waals surface area contributed by atoms with Crippen LogP contribution >= 0.6 is 0 Å². The molecule has 3 heteroatoms. The second-order valence-electron chi connectivity index (χ2n) is 6.45. The summed E-state index contributed by atoms with van der Waals surface area (Å²) in [6.07, 6.45) is 3.77. The summed E-state index contributed by atoms with van der Waals surface area (Å²) in [5, 5.41) is 3.74. The number of nitrogens with one attached hydrogen (secondary N) is 1. The van der Waals surface area contributed by atoms with Gasteiger partial charge in [-0.25, -0.2) is 0 Å². The first-order chi connectivity index (χ1) is 10.3. The minimum atomic E-state index is 0.487. The number of hydrogen-bond acceptors (Lipinski definition) is 3. The summed E-state index contributed by atoms with van der Waals surface area (Å²) in [5.41, 5.74) is 3.05. The number of fused-ring (bicyclic) bond motifs is 1. The Labute approximate surface area is 128 Å². The smallest absolute Gasteiger partial charge is 0.0503 e. The summed E-state index contributed by atoms with van der Waals surface area (Å²) in [5.74, 6) is 0.717. The lowest BCUT2D eigenvalue weighted by atomic mass is 9.83. The lowest BCUT2D eigenvalue weighted by Crippen LogP contribution is -2.46. The van der Waals surface area contributed by atoms with Gasteiger partial charge in [0.1, 0.15) is 0 Å². The van der Waals surface area contributed by atoms with Gasteiger partial charge < -0.3 is 10.1 Å². The van der Waals surface area contributed by atoms with Crippen molar-refractivity contribution in [3.05, 3.63) is 35.4 Å². The number of aryl methyl sites for hydroxylation is 1. The zero-order valence-electron chi connectivity index (χ0n) is 13.3. The van der Waals surface area contributed by atoms with Crippen LogP contribution in [0.3, 0.4) is 0 Å². The van der Waals surface area contributed by atoms with E-state index in [4.69, 9.17) is 4.74 Å². The molecule has 1 heterocycles. The van der Waals surface area contributed by atoms with Gasteiger partial charge in [0.05, 0.1) is 6.61 Å². The van der Waals surface area contributed by atoms with Crippen LogP contribution in [0.2, 0.25) is 0 Å². The van der Waals surface area contributed by atoms with Crippen molar-refractivity contribution >= 4 is 0 Å². The fourth-order valence-corrected chi connectivity index (χ4v) is 4.14. The summed E-state index contributed by atoms with van der Waals surface area (Å²) in [6, 6.07) is 10.1. The monoisotopic (exact) mass is 288 g/mol. The molecule has 0 aromatic heterocycles. The zero-order chi connectivity index (χ0) is 14.7. The number of benzene rings is 1. The Balaban J connectivity index is 1.76. The van der Waals surface area contributed by atoms with Gasteiger partial charge in [-0.3, -0.25) is 4.90 Å². The largest absolute Gasteiger partial charge is 0.384 e. The molecule has 3 atom stereocenters. The highest BCUT2D eigenvalue weighted by Crippen LogP contribution is 2.35. The minimum Gasteiger partial charge on any atom is -0.384 e. The standard InChI is InChI=1S/C18H28N2O/c1-3-19-18-16-7-5-4-6-15(16)8-9-17(18)20-11-10-14(12-20)13-21-2/h4-7,14,17-19H,3,8-13H2,1-2H3. The van der Waals surface area contributed by atoms with E-state index in [1.165, 1.54) is 43.5 Å². The van der Waals surface area contributed by atoms with Crippen molar-refractivity contribution in [3.8, 4) is 0 Å². The maximum atomic E-state index is 5.35. The predicted octanol–water partition coefficient (Wildman–Crippen LogP) is 2.62. The van der Waals surface area contributed by atoms with E-state index in [9.17, 15) is 0 Å². The van der Waals surface area contributed by atoms with Crippen molar-refractivity contribution in [1.82, 2.24) is 10.2 Å². The first-order valence-corrected chi connectivity index (χ1v) is 8.37. The highest BCUT2D eigenvalue weighted by atomic mass is 16.5. The maximum absolute atomic E-state index is 5.35. The third kappa shape index (κ3) is 3.15. The Morgan fingerprint density at radius 1 is 1.29 bits per heavy atom. The van der Waals surface area contributed by atoms with Gasteiger partial charge in [-0.1, -0.05) is 31.2 Å². The molecule has 1 saturated heterocycles. The summed E-state index contributed by atoms with van der Waals surface area (Å²) >= 11 is 0. The van der Waals surface area contributed by atoms with E-state index >= 15 is 0 Å². The Bertz CT molecular complexity index is 462. The first-order valence-electron chi connectivity index (χ1n) is 8.37. The number of ether oxygens (including phenoxy) is 1. The molecule has 1 aliphatic heterocycles. The van der Waals surface area contributed by atoms with E-state index in [1.807, 2.05) is 7.11 Å². The van der Waals surface area contributed by atoms with Crippen molar-refractivity contribution in [2.75, 3.05) is 33.4 Å². The molecule has 3 rings (SSSR count). The fraction of sp³-hybridized carbons (Fsp3) is 0.667. The Morgan fingerprint density at radius 3 is 2.95 bits per heavy atom. The SMILES string of the molecule is CCNC1c2ccccc2CCC1N1CCC(COC)C1. The normalized spacial score (nSPS) is 29.5. The van der Waals surface area contributed by atoms with Crippen molar-refractivity contribution in [2.45, 2.75) is 38.3 Å². The van der Waals surface area contributed by atoms with Crippen LogP contribution < -0.4 is 5.32 Å². The quantitative estimate of drug-likeness (QED) is 0.901. The lowest BCUT2D eigenvalue weighted by molar-refractivity contribution is 0.133. The third-order valence-electron chi connectivity index (χ3n) is 5.10. The Kier molecular flexibility index (Phi) is 4.94. The van der Waals surface area contributed by atoms with Crippen LogP contribution in [-0.4, -0.2) is 44.3 Å². The molecule has 0 spiro atoms. The summed E-state index contributed by atoms with van der Waals surface area (Å²) < 4.78 is 5.35. The molecule has 1 fully saturated rings. The second kappa shape index (κ2) is 6.91. The molecule has 0 radical (unpaired) electrons. The van der Waals surface area contributed by atoms with Gasteiger partial charge in [0.15, 0.2) is 0 Å². The van der Waals surface area contributed by atoms with Crippen LogP contribution in [0.15, 0.2) is 24.3 Å². The number of likely N-dealkylation sites (tertiary alicyclic amines) is 1. The molecule has 21 heavy (non-hydrogen) atoms. The fourth-order valence-electron chi connectivity index (χ4n) is 4.14. The van der Waals surface area contributed by atoms with Crippen LogP contribution in [0.5, 0.6) is 0 Å². The molecular weight excluding hydrogens is 260 g/mol. The molecule has 1 aromatic rings. The number of nitrogens with zero attached hydrogens (tertiary/aromatic N) is 1. The van der Waals surface area contributed by atoms with Gasteiger partial charge in [0.25, 0.3) is 0 Å². The van der Waals surface area contributed by atoms with Gasteiger partial charge in [-0.05, 0) is 49.4 Å². The molecule has 3 unspecified atom stereocenters. The molecule has 1 aromatic carbocycles. The van der Waals surface area contributed by atoms with E-state index in [2.05, 4.69) is 41.4 Å². The zero-order valence-corrected chi connectivity index (χ0v) is 13.3. The van der Waals surface area contributed by atoms with Crippen LogP contribution in [0.4, 0.5) is 0 Å². The van der Waals surface area contributed by atoms with Gasteiger partial charge >= 0.3 is 0 Å². The average molecular weight is 288 g/mol. The number of methoxy groups -OCH3 is 1. The number of likely N-dealkylation sites (N-methyl/N-ethyl adjacent to an activating group) is 1. The van der Waals surface area contributed by atoms with E-state index in [-0.39, 0.29) is 0 Å². The van der Waals surface area contributed by atoms with E-state index in [0.717, 1.165) is 19.1 Å². The van der Waals surface area contributed by atoms with Gasteiger partial charge in [0, 0.05) is 25.7 Å². The highest BCUT2D eigenvalue weighted by Gasteiger charge is 2.36. The first kappa shape index (κ1) is 15.0. The van der Waals surface area contributed by atoms with Gasteiger partial charge in [0.2, 0.25) is 0 Å². The number of hydrogen-bond donors (Lipinski definition) is 1. The predicted molar refractivity (Wildman–Crippen MR) is 86.5 cm³/mol. The Morgan fingerprint density at radius 2 is 2.14 bits per heavy atom. The second-order valence-corrected chi connectivity index (χ2v) is 6.45. The number of rotatable bonds is 5.